The summed E-state index contributed by atoms with van der Waals surface area (Å²) < 4.78 is 44.4. The molecule has 0 aromatic heterocycles. The number of likely N-dealkylation sites (N-methyl/N-ethyl adjacent to an activating group) is 1. The first kappa shape index (κ1) is 20.1. The van der Waals surface area contributed by atoms with Crippen LogP contribution in [0.4, 0.5) is 18.0 Å². The third-order valence-electron chi connectivity index (χ3n) is 4.12. The predicted octanol–water partition coefficient (Wildman–Crippen LogP) is 3.95. The molecule has 0 bridgehead atoms. The molecule has 1 aliphatic rings. The van der Waals surface area contributed by atoms with Crippen LogP contribution in [-0.4, -0.2) is 48.4 Å². The quantitative estimate of drug-likeness (QED) is 0.844. The number of halogens is 3. The Bertz CT molecular complexity index is 394. The number of carbonyl (C=O) groups is 1. The average molecular weight is 338 g/mol. The Kier molecular flexibility index (Phi) is 6.74. The van der Waals surface area contributed by atoms with Crippen LogP contribution in [0.1, 0.15) is 53.4 Å². The summed E-state index contributed by atoms with van der Waals surface area (Å²) in [6.07, 6.45) is -3.53. The van der Waals surface area contributed by atoms with Gasteiger partial charge in [-0.1, -0.05) is 6.92 Å². The highest BCUT2D eigenvalue weighted by Gasteiger charge is 2.46. The van der Waals surface area contributed by atoms with E-state index < -0.39 is 23.8 Å². The van der Waals surface area contributed by atoms with Crippen molar-refractivity contribution in [3.8, 4) is 0 Å². The fraction of sp³-hybridized carbons (Fsp3) is 0.938. The SMILES string of the molecule is CCCN(C)[C@H]1C[C@@H](C(F)(F)F)CCC1NC(=O)OC(C)(C)C. The topological polar surface area (TPSA) is 41.6 Å². The number of nitrogens with one attached hydrogen (secondary N) is 1. The Balaban J connectivity index is 2.78. The van der Waals surface area contributed by atoms with Crippen LogP contribution in [0.2, 0.25) is 0 Å². The van der Waals surface area contributed by atoms with Crippen molar-refractivity contribution in [3.63, 3.8) is 0 Å². The first-order chi connectivity index (χ1) is 10.4. The fourth-order valence-electron chi connectivity index (χ4n) is 3.08. The van der Waals surface area contributed by atoms with E-state index in [4.69, 9.17) is 4.74 Å². The van der Waals surface area contributed by atoms with Crippen molar-refractivity contribution >= 4 is 6.09 Å². The van der Waals surface area contributed by atoms with E-state index in [9.17, 15) is 18.0 Å². The van der Waals surface area contributed by atoms with Gasteiger partial charge in [0.05, 0.1) is 5.92 Å². The van der Waals surface area contributed by atoms with E-state index in [0.717, 1.165) is 6.42 Å². The Labute approximate surface area is 136 Å². The van der Waals surface area contributed by atoms with E-state index in [2.05, 4.69) is 5.32 Å². The van der Waals surface area contributed by atoms with Crippen molar-refractivity contribution in [1.82, 2.24) is 10.2 Å². The minimum atomic E-state index is -4.18. The third kappa shape index (κ3) is 6.57. The van der Waals surface area contributed by atoms with Gasteiger partial charge in [-0.05, 0) is 60.0 Å². The molecule has 1 fully saturated rings. The second-order valence-corrected chi connectivity index (χ2v) is 7.35. The predicted molar refractivity (Wildman–Crippen MR) is 83.3 cm³/mol. The molecule has 0 spiro atoms. The second kappa shape index (κ2) is 7.73. The molecular weight excluding hydrogens is 309 g/mol. The summed E-state index contributed by atoms with van der Waals surface area (Å²) in [4.78, 5) is 13.9. The first-order valence-electron chi connectivity index (χ1n) is 8.20. The molecule has 0 heterocycles. The van der Waals surface area contributed by atoms with Gasteiger partial charge in [-0.15, -0.1) is 0 Å². The molecule has 0 aromatic carbocycles. The summed E-state index contributed by atoms with van der Waals surface area (Å²) in [5.41, 5.74) is -0.627. The van der Waals surface area contributed by atoms with Crippen molar-refractivity contribution in [2.24, 2.45) is 5.92 Å². The van der Waals surface area contributed by atoms with E-state index in [1.807, 2.05) is 18.9 Å². The standard InChI is InChI=1S/C16H29F3N2O2/c1-6-9-21(5)13-10-11(16(17,18)19)7-8-12(13)20-14(22)23-15(2,3)4/h11-13H,6-10H2,1-5H3,(H,20,22)/t11-,12?,13-/m0/s1. The number of alkyl halides is 3. The molecule has 1 N–H and O–H groups in total. The van der Waals surface area contributed by atoms with E-state index in [1.165, 1.54) is 0 Å². The highest BCUT2D eigenvalue weighted by atomic mass is 19.4. The molecule has 0 saturated heterocycles. The number of hydrogen-bond acceptors (Lipinski definition) is 3. The molecule has 1 aliphatic carbocycles. The Morgan fingerprint density at radius 1 is 1.26 bits per heavy atom. The molecular formula is C16H29F3N2O2. The maximum absolute atomic E-state index is 13.0. The lowest BCUT2D eigenvalue weighted by molar-refractivity contribution is -0.187. The zero-order valence-electron chi connectivity index (χ0n) is 14.7. The first-order valence-corrected chi connectivity index (χ1v) is 8.20. The summed E-state index contributed by atoms with van der Waals surface area (Å²) in [7, 11) is 1.82. The zero-order chi connectivity index (χ0) is 17.8. The van der Waals surface area contributed by atoms with Gasteiger partial charge in [0.25, 0.3) is 0 Å². The van der Waals surface area contributed by atoms with Crippen LogP contribution < -0.4 is 5.32 Å². The van der Waals surface area contributed by atoms with Crippen molar-refractivity contribution < 1.29 is 22.7 Å². The van der Waals surface area contributed by atoms with Crippen LogP contribution >= 0.6 is 0 Å². The van der Waals surface area contributed by atoms with Gasteiger partial charge in [-0.25, -0.2) is 4.79 Å². The molecule has 1 saturated carbocycles. The smallest absolute Gasteiger partial charge is 0.407 e. The number of amides is 1. The summed E-state index contributed by atoms with van der Waals surface area (Å²) in [6.45, 7) is 7.95. The minimum absolute atomic E-state index is 0.0143. The number of rotatable bonds is 4. The normalized spacial score (nSPS) is 26.2. The highest BCUT2D eigenvalue weighted by Crippen LogP contribution is 2.39. The van der Waals surface area contributed by atoms with E-state index in [-0.39, 0.29) is 24.9 Å². The molecule has 0 aromatic rings. The van der Waals surface area contributed by atoms with Crippen LogP contribution in [0.15, 0.2) is 0 Å². The molecule has 7 heteroatoms. The Morgan fingerprint density at radius 2 is 1.87 bits per heavy atom. The van der Waals surface area contributed by atoms with Crippen LogP contribution in [-0.2, 0) is 4.74 Å². The molecule has 0 aliphatic heterocycles. The number of nitrogens with zero attached hydrogens (tertiary/aromatic N) is 1. The van der Waals surface area contributed by atoms with Crippen LogP contribution in [0, 0.1) is 5.92 Å². The molecule has 23 heavy (non-hydrogen) atoms. The molecule has 136 valence electrons. The second-order valence-electron chi connectivity index (χ2n) is 7.35. The van der Waals surface area contributed by atoms with Gasteiger partial charge in [-0.2, -0.15) is 13.2 Å². The molecule has 3 atom stereocenters. The van der Waals surface area contributed by atoms with Gasteiger partial charge in [0.15, 0.2) is 0 Å². The maximum atomic E-state index is 13.0. The van der Waals surface area contributed by atoms with Crippen LogP contribution in [0.3, 0.4) is 0 Å². The maximum Gasteiger partial charge on any atom is 0.407 e. The molecule has 1 rings (SSSR count). The summed E-state index contributed by atoms with van der Waals surface area (Å²) in [6, 6.07) is -0.650. The molecule has 4 nitrogen and oxygen atoms in total. The summed E-state index contributed by atoms with van der Waals surface area (Å²) in [5, 5.41) is 2.77. The van der Waals surface area contributed by atoms with Gasteiger partial charge in [0.1, 0.15) is 5.60 Å². The van der Waals surface area contributed by atoms with Gasteiger partial charge < -0.3 is 15.0 Å². The minimum Gasteiger partial charge on any atom is -0.444 e. The Morgan fingerprint density at radius 3 is 2.35 bits per heavy atom. The van der Waals surface area contributed by atoms with E-state index in [1.54, 1.807) is 20.8 Å². The summed E-state index contributed by atoms with van der Waals surface area (Å²) in [5.74, 6) is -1.30. The zero-order valence-corrected chi connectivity index (χ0v) is 14.7. The van der Waals surface area contributed by atoms with E-state index in [0.29, 0.717) is 13.0 Å². The van der Waals surface area contributed by atoms with Gasteiger partial charge >= 0.3 is 12.3 Å². The van der Waals surface area contributed by atoms with Crippen molar-refractivity contribution in [2.45, 2.75) is 77.2 Å². The number of carbonyl (C=O) groups excluding carboxylic acids is 1. The number of hydrogen-bond donors (Lipinski definition) is 1. The fourth-order valence-corrected chi connectivity index (χ4v) is 3.08. The largest absolute Gasteiger partial charge is 0.444 e. The van der Waals surface area contributed by atoms with Crippen LogP contribution in [0.25, 0.3) is 0 Å². The number of alkyl carbamates (subject to hydrolysis) is 1. The average Bonchev–Trinajstić information content (AvgIpc) is 2.35. The Hall–Kier alpha value is -0.980. The lowest BCUT2D eigenvalue weighted by Gasteiger charge is -2.42. The van der Waals surface area contributed by atoms with Gasteiger partial charge in [-0.3, -0.25) is 0 Å². The molecule has 1 unspecified atom stereocenters. The van der Waals surface area contributed by atoms with Crippen molar-refractivity contribution in [3.05, 3.63) is 0 Å². The highest BCUT2D eigenvalue weighted by molar-refractivity contribution is 5.68. The van der Waals surface area contributed by atoms with Gasteiger partial charge in [0.2, 0.25) is 0 Å². The van der Waals surface area contributed by atoms with Crippen LogP contribution in [0.5, 0.6) is 0 Å². The molecule has 0 radical (unpaired) electrons. The molecule has 1 amide bonds. The lowest BCUT2D eigenvalue weighted by atomic mass is 9.81. The lowest BCUT2D eigenvalue weighted by Crippen LogP contribution is -2.55. The summed E-state index contributed by atoms with van der Waals surface area (Å²) >= 11 is 0. The third-order valence-corrected chi connectivity index (χ3v) is 4.12. The van der Waals surface area contributed by atoms with E-state index >= 15 is 0 Å². The monoisotopic (exact) mass is 338 g/mol. The van der Waals surface area contributed by atoms with Crippen molar-refractivity contribution in [1.29, 1.82) is 0 Å². The van der Waals surface area contributed by atoms with Gasteiger partial charge in [0, 0.05) is 12.1 Å². The van der Waals surface area contributed by atoms with Crippen molar-refractivity contribution in [2.75, 3.05) is 13.6 Å². The number of ether oxygens (including phenoxy) is 1.